The van der Waals surface area contributed by atoms with Gasteiger partial charge in [0.25, 0.3) is 5.89 Å². The van der Waals surface area contributed by atoms with Gasteiger partial charge in [-0.25, -0.2) is 0 Å². The average Bonchev–Trinajstić information content (AvgIpc) is 3.34. The van der Waals surface area contributed by atoms with Gasteiger partial charge >= 0.3 is 0 Å². The highest BCUT2D eigenvalue weighted by Gasteiger charge is 2.34. The molecule has 0 N–H and O–H groups in total. The van der Waals surface area contributed by atoms with Crippen LogP contribution in [0.15, 0.2) is 23.0 Å². The molecule has 25 heavy (non-hydrogen) atoms. The van der Waals surface area contributed by atoms with Crippen molar-refractivity contribution in [2.45, 2.75) is 38.2 Å². The SMILES string of the molecule is CCc1nn(C)cc1-c1nnc([C@@H]2CCCO[C@H]2c2cnn(C)c2)o1. The van der Waals surface area contributed by atoms with Gasteiger partial charge in [0.1, 0.15) is 0 Å². The summed E-state index contributed by atoms with van der Waals surface area (Å²) in [6, 6.07) is 0. The largest absolute Gasteiger partial charge is 0.420 e. The van der Waals surface area contributed by atoms with Crippen LogP contribution >= 0.6 is 0 Å². The molecule has 0 radical (unpaired) electrons. The van der Waals surface area contributed by atoms with Crippen molar-refractivity contribution in [2.24, 2.45) is 14.1 Å². The zero-order valence-corrected chi connectivity index (χ0v) is 14.7. The summed E-state index contributed by atoms with van der Waals surface area (Å²) in [5.41, 5.74) is 2.90. The van der Waals surface area contributed by atoms with Gasteiger partial charge < -0.3 is 9.15 Å². The normalized spacial score (nSPS) is 20.9. The lowest BCUT2D eigenvalue weighted by atomic mass is 9.91. The number of nitrogens with zero attached hydrogens (tertiary/aromatic N) is 6. The number of aromatic nitrogens is 6. The fraction of sp³-hybridized carbons (Fsp3) is 0.529. The Hall–Kier alpha value is -2.48. The zero-order valence-electron chi connectivity index (χ0n) is 14.7. The van der Waals surface area contributed by atoms with E-state index in [2.05, 4.69) is 27.3 Å². The molecule has 2 atom stereocenters. The molecule has 4 heterocycles. The predicted molar refractivity (Wildman–Crippen MR) is 89.8 cm³/mol. The van der Waals surface area contributed by atoms with Gasteiger partial charge in [0, 0.05) is 38.7 Å². The van der Waals surface area contributed by atoms with Crippen LogP contribution in [0.25, 0.3) is 11.5 Å². The highest BCUT2D eigenvalue weighted by atomic mass is 16.5. The molecule has 0 aromatic carbocycles. The summed E-state index contributed by atoms with van der Waals surface area (Å²) < 4.78 is 15.6. The van der Waals surface area contributed by atoms with E-state index in [1.807, 2.05) is 32.7 Å². The number of ether oxygens (including phenoxy) is 1. The molecule has 1 fully saturated rings. The first-order valence-electron chi connectivity index (χ1n) is 8.62. The number of hydrogen-bond donors (Lipinski definition) is 0. The third kappa shape index (κ3) is 2.97. The van der Waals surface area contributed by atoms with Gasteiger partial charge in [0.15, 0.2) is 0 Å². The van der Waals surface area contributed by atoms with Crippen molar-refractivity contribution in [3.05, 3.63) is 35.7 Å². The maximum Gasteiger partial charge on any atom is 0.251 e. The third-order valence-corrected chi connectivity index (χ3v) is 4.60. The fourth-order valence-corrected chi connectivity index (χ4v) is 3.42. The van der Waals surface area contributed by atoms with Gasteiger partial charge in [-0.15, -0.1) is 10.2 Å². The topological polar surface area (TPSA) is 83.8 Å². The Morgan fingerprint density at radius 1 is 1.20 bits per heavy atom. The molecular formula is C17H22N6O2. The van der Waals surface area contributed by atoms with Gasteiger partial charge in [-0.05, 0) is 19.3 Å². The van der Waals surface area contributed by atoms with E-state index in [4.69, 9.17) is 9.15 Å². The molecule has 3 aromatic heterocycles. The number of rotatable bonds is 4. The van der Waals surface area contributed by atoms with E-state index >= 15 is 0 Å². The summed E-state index contributed by atoms with van der Waals surface area (Å²) in [6.07, 6.45) is 8.40. The van der Waals surface area contributed by atoms with Gasteiger partial charge in [0.05, 0.1) is 29.5 Å². The van der Waals surface area contributed by atoms with Crippen LogP contribution in [0, 0.1) is 0 Å². The van der Waals surface area contributed by atoms with Crippen molar-refractivity contribution in [2.75, 3.05) is 6.61 Å². The first-order chi connectivity index (χ1) is 12.2. The Labute approximate surface area is 145 Å². The molecule has 4 rings (SSSR count). The minimum absolute atomic E-state index is 0.0425. The van der Waals surface area contributed by atoms with E-state index in [9.17, 15) is 0 Å². The van der Waals surface area contributed by atoms with Crippen molar-refractivity contribution < 1.29 is 9.15 Å². The lowest BCUT2D eigenvalue weighted by molar-refractivity contribution is -0.00890. The van der Waals surface area contributed by atoms with E-state index in [0.717, 1.165) is 42.7 Å². The molecule has 0 bridgehead atoms. The van der Waals surface area contributed by atoms with E-state index in [1.54, 1.807) is 9.36 Å². The molecule has 132 valence electrons. The maximum absolute atomic E-state index is 6.04. The second-order valence-electron chi connectivity index (χ2n) is 6.45. The Kier molecular flexibility index (Phi) is 4.12. The predicted octanol–water partition coefficient (Wildman–Crippen LogP) is 2.40. The Bertz CT molecular complexity index is 864. The van der Waals surface area contributed by atoms with Crippen LogP contribution < -0.4 is 0 Å². The fourth-order valence-electron chi connectivity index (χ4n) is 3.42. The first-order valence-corrected chi connectivity index (χ1v) is 8.62. The van der Waals surface area contributed by atoms with Crippen LogP contribution in [0.4, 0.5) is 0 Å². The minimum atomic E-state index is -0.102. The van der Waals surface area contributed by atoms with Crippen molar-refractivity contribution in [1.82, 2.24) is 29.8 Å². The number of aryl methyl sites for hydroxylation is 3. The van der Waals surface area contributed by atoms with Crippen molar-refractivity contribution in [3.8, 4) is 11.5 Å². The second kappa shape index (κ2) is 6.44. The average molecular weight is 342 g/mol. The van der Waals surface area contributed by atoms with Crippen molar-refractivity contribution in [3.63, 3.8) is 0 Å². The lowest BCUT2D eigenvalue weighted by Crippen LogP contribution is -2.21. The molecule has 1 aliphatic heterocycles. The van der Waals surface area contributed by atoms with Gasteiger partial charge in [-0.3, -0.25) is 9.36 Å². The van der Waals surface area contributed by atoms with Crippen LogP contribution in [0.3, 0.4) is 0 Å². The smallest absolute Gasteiger partial charge is 0.251 e. The van der Waals surface area contributed by atoms with Gasteiger partial charge in [-0.2, -0.15) is 10.2 Å². The molecule has 8 heteroatoms. The van der Waals surface area contributed by atoms with Crippen LogP contribution in [-0.4, -0.2) is 36.4 Å². The molecule has 0 aliphatic carbocycles. The summed E-state index contributed by atoms with van der Waals surface area (Å²) >= 11 is 0. The van der Waals surface area contributed by atoms with E-state index < -0.39 is 0 Å². The standard InChI is InChI=1S/C17H22N6O2/c1-4-14-13(10-23(3)21-14)17-20-19-16(25-17)12-6-5-7-24-15(12)11-8-18-22(2)9-11/h8-10,12,15H,4-7H2,1-3H3/t12-,15+/m1/s1. The Morgan fingerprint density at radius 3 is 2.84 bits per heavy atom. The van der Waals surface area contributed by atoms with Gasteiger partial charge in [-0.1, -0.05) is 6.92 Å². The Balaban J connectivity index is 1.65. The van der Waals surface area contributed by atoms with Crippen LogP contribution in [0.5, 0.6) is 0 Å². The summed E-state index contributed by atoms with van der Waals surface area (Å²) in [7, 11) is 3.80. The highest BCUT2D eigenvalue weighted by Crippen LogP contribution is 2.40. The molecule has 8 nitrogen and oxygen atoms in total. The van der Waals surface area contributed by atoms with Crippen LogP contribution in [0.2, 0.25) is 0 Å². The summed E-state index contributed by atoms with van der Waals surface area (Å²) in [5.74, 6) is 1.19. The monoisotopic (exact) mass is 342 g/mol. The molecule has 1 saturated heterocycles. The maximum atomic E-state index is 6.04. The van der Waals surface area contributed by atoms with Gasteiger partial charge in [0.2, 0.25) is 5.89 Å². The summed E-state index contributed by atoms with van der Waals surface area (Å²) in [6.45, 7) is 2.80. The third-order valence-electron chi connectivity index (χ3n) is 4.60. The second-order valence-corrected chi connectivity index (χ2v) is 6.45. The van der Waals surface area contributed by atoms with Crippen LogP contribution in [0.1, 0.15) is 48.9 Å². The van der Waals surface area contributed by atoms with Crippen molar-refractivity contribution in [1.29, 1.82) is 0 Å². The van der Waals surface area contributed by atoms with E-state index in [1.165, 1.54) is 0 Å². The molecule has 0 spiro atoms. The molecule has 0 saturated carbocycles. The zero-order chi connectivity index (χ0) is 17.4. The summed E-state index contributed by atoms with van der Waals surface area (Å²) in [4.78, 5) is 0. The molecular weight excluding hydrogens is 320 g/mol. The molecule has 0 amide bonds. The highest BCUT2D eigenvalue weighted by molar-refractivity contribution is 5.54. The van der Waals surface area contributed by atoms with E-state index in [0.29, 0.717) is 11.8 Å². The number of hydrogen-bond acceptors (Lipinski definition) is 6. The summed E-state index contributed by atoms with van der Waals surface area (Å²) in [5, 5.41) is 17.3. The van der Waals surface area contributed by atoms with Crippen molar-refractivity contribution >= 4 is 0 Å². The van der Waals surface area contributed by atoms with Crippen LogP contribution in [-0.2, 0) is 25.3 Å². The first kappa shape index (κ1) is 16.0. The minimum Gasteiger partial charge on any atom is -0.420 e. The lowest BCUT2D eigenvalue weighted by Gasteiger charge is -2.28. The molecule has 1 aliphatic rings. The quantitative estimate of drug-likeness (QED) is 0.724. The van der Waals surface area contributed by atoms with E-state index in [-0.39, 0.29) is 12.0 Å². The Morgan fingerprint density at radius 2 is 2.08 bits per heavy atom. The molecule has 3 aromatic rings. The molecule has 0 unspecified atom stereocenters.